The van der Waals surface area contributed by atoms with Crippen molar-refractivity contribution in [1.82, 2.24) is 0 Å². The van der Waals surface area contributed by atoms with Crippen LogP contribution in [0.5, 0.6) is 0 Å². The molecule has 0 aromatic heterocycles. The van der Waals surface area contributed by atoms with Crippen molar-refractivity contribution in [3.63, 3.8) is 0 Å². The van der Waals surface area contributed by atoms with Crippen molar-refractivity contribution in [1.29, 1.82) is 0 Å². The maximum Gasteiger partial charge on any atom is 0.0886 e. The third kappa shape index (κ3) is 4.14. The summed E-state index contributed by atoms with van der Waals surface area (Å²) in [6.07, 6.45) is 1.08. The first-order chi connectivity index (χ1) is 10.0. The van der Waals surface area contributed by atoms with Gasteiger partial charge in [-0.2, -0.15) is 0 Å². The summed E-state index contributed by atoms with van der Waals surface area (Å²) >= 11 is 0. The van der Waals surface area contributed by atoms with E-state index < -0.39 is 8.07 Å². The average molecular weight is 331 g/mol. The zero-order chi connectivity index (χ0) is 17.1. The van der Waals surface area contributed by atoms with Crippen LogP contribution in [0.2, 0.25) is 18.1 Å². The van der Waals surface area contributed by atoms with E-state index in [0.29, 0.717) is 11.1 Å². The molecular weight excluding hydrogens is 298 g/mol. The predicted molar refractivity (Wildman–Crippen MR) is 105 cm³/mol. The van der Waals surface area contributed by atoms with Gasteiger partial charge in [0.2, 0.25) is 0 Å². The highest BCUT2D eigenvalue weighted by Crippen LogP contribution is 2.37. The molecule has 0 aliphatic carbocycles. The third-order valence-electron chi connectivity index (χ3n) is 5.33. The van der Waals surface area contributed by atoms with E-state index in [1.165, 1.54) is 21.6 Å². The Morgan fingerprint density at radius 1 is 1.18 bits per heavy atom. The van der Waals surface area contributed by atoms with E-state index in [-0.39, 0.29) is 0 Å². The molecule has 0 spiro atoms. The fourth-order valence-corrected chi connectivity index (χ4v) is 4.85. The first-order valence-corrected chi connectivity index (χ1v) is 11.8. The van der Waals surface area contributed by atoms with Crippen LogP contribution in [0, 0.1) is 0 Å². The van der Waals surface area contributed by atoms with Crippen molar-refractivity contribution in [3.05, 3.63) is 35.0 Å². The summed E-state index contributed by atoms with van der Waals surface area (Å²) in [5.41, 5.74) is 2.69. The number of rotatable bonds is 5. The van der Waals surface area contributed by atoms with Crippen LogP contribution < -0.4 is 10.5 Å². The van der Waals surface area contributed by atoms with E-state index in [0.717, 1.165) is 6.42 Å². The summed E-state index contributed by atoms with van der Waals surface area (Å²) in [4.78, 5) is 0. The molecule has 0 aliphatic heterocycles. The minimum Gasteiger partial charge on any atom is -0.379 e. The Labute approximate surface area is 142 Å². The smallest absolute Gasteiger partial charge is 0.0886 e. The lowest BCUT2D eigenvalue weighted by Crippen LogP contribution is -2.50. The number of benzene rings is 1. The van der Waals surface area contributed by atoms with Gasteiger partial charge in [-0.15, -0.1) is 0 Å². The van der Waals surface area contributed by atoms with Crippen molar-refractivity contribution in [3.8, 4) is 0 Å². The summed E-state index contributed by atoms with van der Waals surface area (Å²) < 4.78 is 0. The summed E-state index contributed by atoms with van der Waals surface area (Å²) in [6, 6.07) is 9.27. The minimum absolute atomic E-state index is 0.336. The van der Waals surface area contributed by atoms with Crippen LogP contribution in [0.1, 0.15) is 48.0 Å². The SMILES string of the molecule is CCC(Nc1ccccc1[Si](C)(C)C(C)(C)C)C(C)=C(C)[Si]. The van der Waals surface area contributed by atoms with Gasteiger partial charge in [0.1, 0.15) is 0 Å². The Morgan fingerprint density at radius 2 is 1.73 bits per heavy atom. The molecule has 1 atom stereocenters. The maximum atomic E-state index is 3.80. The maximum absolute atomic E-state index is 3.80. The van der Waals surface area contributed by atoms with Gasteiger partial charge in [0.15, 0.2) is 0 Å². The van der Waals surface area contributed by atoms with E-state index in [1.54, 1.807) is 0 Å². The molecule has 0 saturated heterocycles. The van der Waals surface area contributed by atoms with Crippen molar-refractivity contribution < 1.29 is 0 Å². The topological polar surface area (TPSA) is 12.0 Å². The van der Waals surface area contributed by atoms with E-state index in [1.807, 2.05) is 0 Å². The second kappa shape index (κ2) is 7.18. The van der Waals surface area contributed by atoms with Gasteiger partial charge in [-0.05, 0) is 36.6 Å². The zero-order valence-corrected chi connectivity index (χ0v) is 17.6. The Bertz CT molecular complexity index is 535. The Hall–Kier alpha value is -0.806. The van der Waals surface area contributed by atoms with E-state index >= 15 is 0 Å². The van der Waals surface area contributed by atoms with Crippen molar-refractivity contribution in [2.45, 2.75) is 72.1 Å². The standard InChI is InChI=1S/C19H32NSi2/c1-9-16(14(2)15(3)21)20-17-12-10-11-13-18(17)22(7,8)19(4,5)6/h10-13,16,20H,9H2,1-8H3. The van der Waals surface area contributed by atoms with E-state index in [9.17, 15) is 0 Å². The highest BCUT2D eigenvalue weighted by molar-refractivity contribution is 6.93. The zero-order valence-electron chi connectivity index (χ0n) is 15.6. The Balaban J connectivity index is 3.26. The van der Waals surface area contributed by atoms with Crippen LogP contribution in [0.15, 0.2) is 35.0 Å². The molecule has 0 heterocycles. The summed E-state index contributed by atoms with van der Waals surface area (Å²) in [5.74, 6) is 0. The lowest BCUT2D eigenvalue weighted by atomic mass is 10.1. The fraction of sp³-hybridized carbons (Fsp3) is 0.579. The molecule has 0 aliphatic rings. The van der Waals surface area contributed by atoms with Gasteiger partial charge >= 0.3 is 0 Å². The third-order valence-corrected chi connectivity index (χ3v) is 11.3. The molecule has 3 heteroatoms. The van der Waals surface area contributed by atoms with Gasteiger partial charge in [0, 0.05) is 11.7 Å². The normalized spacial score (nSPS) is 15.3. The lowest BCUT2D eigenvalue weighted by molar-refractivity contribution is 0.729. The molecule has 0 amide bonds. The van der Waals surface area contributed by atoms with Crippen LogP contribution in [0.3, 0.4) is 0 Å². The molecule has 0 fully saturated rings. The molecule has 1 N–H and O–H groups in total. The van der Waals surface area contributed by atoms with Crippen LogP contribution in [-0.2, 0) is 0 Å². The quantitative estimate of drug-likeness (QED) is 0.745. The number of allylic oxidation sites excluding steroid dienone is 1. The average Bonchev–Trinajstić information content (AvgIpc) is 2.43. The summed E-state index contributed by atoms with van der Waals surface area (Å²) in [6.45, 7) is 18.7. The van der Waals surface area contributed by atoms with Gasteiger partial charge in [-0.1, -0.05) is 69.8 Å². The number of nitrogens with one attached hydrogen (secondary N) is 1. The summed E-state index contributed by atoms with van der Waals surface area (Å²) in [7, 11) is 2.13. The molecule has 1 unspecified atom stereocenters. The molecule has 3 radical (unpaired) electrons. The molecule has 0 saturated carbocycles. The number of hydrogen-bond acceptors (Lipinski definition) is 1. The first kappa shape index (κ1) is 19.2. The fourth-order valence-electron chi connectivity index (χ4n) is 2.52. The van der Waals surface area contributed by atoms with Gasteiger partial charge in [0.05, 0.1) is 18.3 Å². The Morgan fingerprint density at radius 3 is 2.18 bits per heavy atom. The van der Waals surface area contributed by atoms with Gasteiger partial charge in [-0.25, -0.2) is 0 Å². The van der Waals surface area contributed by atoms with Crippen LogP contribution in [0.4, 0.5) is 5.69 Å². The molecule has 22 heavy (non-hydrogen) atoms. The Kier molecular flexibility index (Phi) is 6.28. The van der Waals surface area contributed by atoms with Gasteiger partial charge < -0.3 is 5.32 Å². The van der Waals surface area contributed by atoms with Gasteiger partial charge in [-0.3, -0.25) is 0 Å². The van der Waals surface area contributed by atoms with Crippen molar-refractivity contribution in [2.75, 3.05) is 5.32 Å². The molecule has 121 valence electrons. The number of hydrogen-bond donors (Lipinski definition) is 1. The largest absolute Gasteiger partial charge is 0.379 e. The van der Waals surface area contributed by atoms with E-state index in [2.05, 4.69) is 94.5 Å². The lowest BCUT2D eigenvalue weighted by Gasteiger charge is -2.39. The second-order valence-corrected chi connectivity index (χ2v) is 13.9. The highest BCUT2D eigenvalue weighted by Gasteiger charge is 2.38. The molecule has 1 aromatic carbocycles. The molecular formula is C19H32NSi2. The first-order valence-electron chi connectivity index (χ1n) is 8.27. The van der Waals surface area contributed by atoms with E-state index in [4.69, 9.17) is 0 Å². The summed E-state index contributed by atoms with van der Waals surface area (Å²) in [5, 5.41) is 6.89. The van der Waals surface area contributed by atoms with Crippen molar-refractivity contribution >= 4 is 29.2 Å². The van der Waals surface area contributed by atoms with Crippen LogP contribution in [0.25, 0.3) is 0 Å². The highest BCUT2D eigenvalue weighted by atomic mass is 28.3. The van der Waals surface area contributed by atoms with Crippen LogP contribution in [-0.4, -0.2) is 24.4 Å². The minimum atomic E-state index is -1.56. The number of anilines is 1. The predicted octanol–water partition coefficient (Wildman–Crippen LogP) is 5.06. The van der Waals surface area contributed by atoms with Crippen LogP contribution >= 0.6 is 0 Å². The van der Waals surface area contributed by atoms with Gasteiger partial charge in [0.25, 0.3) is 0 Å². The molecule has 1 nitrogen and oxygen atoms in total. The molecule has 1 aromatic rings. The second-order valence-electron chi connectivity index (χ2n) is 7.83. The monoisotopic (exact) mass is 330 g/mol. The molecule has 1 rings (SSSR count). The molecule has 0 bridgehead atoms. The van der Waals surface area contributed by atoms with Crippen molar-refractivity contribution in [2.24, 2.45) is 0 Å². The number of para-hydroxylation sites is 1.